The first-order valence-corrected chi connectivity index (χ1v) is 5.70. The van der Waals surface area contributed by atoms with Crippen molar-refractivity contribution >= 4 is 11.6 Å². The average Bonchev–Trinajstić information content (AvgIpc) is 2.41. The van der Waals surface area contributed by atoms with Crippen LogP contribution in [0, 0.1) is 6.92 Å². The summed E-state index contributed by atoms with van der Waals surface area (Å²) in [6.45, 7) is 1.87. The summed E-state index contributed by atoms with van der Waals surface area (Å²) in [6, 6.07) is 6.73. The van der Waals surface area contributed by atoms with Gasteiger partial charge in [-0.3, -0.25) is 9.78 Å². The van der Waals surface area contributed by atoms with Gasteiger partial charge in [0.1, 0.15) is 11.5 Å². The zero-order valence-corrected chi connectivity index (χ0v) is 10.7. The van der Waals surface area contributed by atoms with Crippen LogP contribution in [0.5, 0.6) is 11.5 Å². The van der Waals surface area contributed by atoms with Gasteiger partial charge in [-0.05, 0) is 36.8 Å². The molecule has 19 heavy (non-hydrogen) atoms. The van der Waals surface area contributed by atoms with Gasteiger partial charge >= 0.3 is 0 Å². The van der Waals surface area contributed by atoms with Crippen molar-refractivity contribution < 1.29 is 14.6 Å². The number of carbonyl (C=O) groups excluding carboxylic acids is 1. The van der Waals surface area contributed by atoms with Crippen LogP contribution in [0.3, 0.4) is 0 Å². The van der Waals surface area contributed by atoms with Crippen LogP contribution in [0.15, 0.2) is 36.7 Å². The predicted octanol–water partition coefficient (Wildman–Crippen LogP) is 2.36. The van der Waals surface area contributed by atoms with Gasteiger partial charge in [0.05, 0.1) is 18.9 Å². The zero-order valence-electron chi connectivity index (χ0n) is 10.7. The number of aromatic nitrogens is 1. The van der Waals surface area contributed by atoms with Crippen molar-refractivity contribution in [3.63, 3.8) is 0 Å². The molecule has 1 aromatic carbocycles. The molecule has 0 atom stereocenters. The van der Waals surface area contributed by atoms with Gasteiger partial charge < -0.3 is 15.2 Å². The molecule has 5 heteroatoms. The maximum absolute atomic E-state index is 12.0. The molecule has 0 saturated carbocycles. The molecule has 1 amide bonds. The zero-order chi connectivity index (χ0) is 13.8. The van der Waals surface area contributed by atoms with Crippen LogP contribution in [-0.2, 0) is 0 Å². The summed E-state index contributed by atoms with van der Waals surface area (Å²) in [7, 11) is 1.59. The summed E-state index contributed by atoms with van der Waals surface area (Å²) in [5, 5.41) is 12.1. The highest BCUT2D eigenvalue weighted by Crippen LogP contribution is 2.21. The number of methoxy groups -OCH3 is 1. The minimum Gasteiger partial charge on any atom is -0.506 e. The second kappa shape index (κ2) is 5.39. The smallest absolute Gasteiger partial charge is 0.257 e. The minimum absolute atomic E-state index is 0.0425. The fraction of sp³-hybridized carbons (Fsp3) is 0.143. The molecule has 1 heterocycles. The van der Waals surface area contributed by atoms with E-state index in [4.69, 9.17) is 4.74 Å². The number of nitrogens with one attached hydrogen (secondary N) is 1. The lowest BCUT2D eigenvalue weighted by Crippen LogP contribution is -2.12. The molecule has 0 spiro atoms. The third kappa shape index (κ3) is 3.01. The van der Waals surface area contributed by atoms with E-state index in [1.54, 1.807) is 19.2 Å². The Bertz CT molecular complexity index is 611. The van der Waals surface area contributed by atoms with Crippen molar-refractivity contribution in [3.8, 4) is 11.5 Å². The van der Waals surface area contributed by atoms with E-state index in [1.165, 1.54) is 18.5 Å². The van der Waals surface area contributed by atoms with Crippen molar-refractivity contribution in [1.82, 2.24) is 4.98 Å². The number of ether oxygens (including phenoxy) is 1. The molecule has 2 N–H and O–H groups in total. The summed E-state index contributed by atoms with van der Waals surface area (Å²) in [4.78, 5) is 15.7. The summed E-state index contributed by atoms with van der Waals surface area (Å²) in [5.74, 6) is 0.366. The molecule has 98 valence electrons. The first kappa shape index (κ1) is 12.9. The fourth-order valence-electron chi connectivity index (χ4n) is 1.65. The number of amides is 1. The van der Waals surface area contributed by atoms with Gasteiger partial charge in [0.25, 0.3) is 5.91 Å². The molecule has 0 aliphatic carbocycles. The Hall–Kier alpha value is -2.56. The van der Waals surface area contributed by atoms with Crippen molar-refractivity contribution in [2.24, 2.45) is 0 Å². The van der Waals surface area contributed by atoms with Crippen LogP contribution in [0.2, 0.25) is 0 Å². The Kier molecular flexibility index (Phi) is 3.66. The van der Waals surface area contributed by atoms with Crippen LogP contribution >= 0.6 is 0 Å². The highest BCUT2D eigenvalue weighted by molar-refractivity contribution is 6.04. The van der Waals surface area contributed by atoms with Gasteiger partial charge in [-0.2, -0.15) is 0 Å². The lowest BCUT2D eigenvalue weighted by atomic mass is 10.1. The second-order valence-electron chi connectivity index (χ2n) is 4.07. The number of aryl methyl sites for hydroxylation is 1. The first-order chi connectivity index (χ1) is 9.10. The van der Waals surface area contributed by atoms with Crippen LogP contribution in [0.1, 0.15) is 15.9 Å². The van der Waals surface area contributed by atoms with E-state index in [9.17, 15) is 9.90 Å². The number of carbonyl (C=O) groups is 1. The van der Waals surface area contributed by atoms with E-state index < -0.39 is 0 Å². The Morgan fingerprint density at radius 3 is 2.74 bits per heavy atom. The van der Waals surface area contributed by atoms with E-state index in [-0.39, 0.29) is 11.7 Å². The summed E-state index contributed by atoms with van der Waals surface area (Å²) in [5.41, 5.74) is 1.88. The predicted molar refractivity (Wildman–Crippen MR) is 71.6 cm³/mol. The van der Waals surface area contributed by atoms with Crippen LogP contribution < -0.4 is 10.1 Å². The van der Waals surface area contributed by atoms with Crippen molar-refractivity contribution in [2.45, 2.75) is 6.92 Å². The number of pyridine rings is 1. The van der Waals surface area contributed by atoms with Gasteiger partial charge in [0.2, 0.25) is 0 Å². The van der Waals surface area contributed by atoms with Gasteiger partial charge in [-0.15, -0.1) is 0 Å². The lowest BCUT2D eigenvalue weighted by Gasteiger charge is -2.09. The van der Waals surface area contributed by atoms with Crippen LogP contribution in [0.4, 0.5) is 5.69 Å². The van der Waals surface area contributed by atoms with Crippen LogP contribution in [-0.4, -0.2) is 23.1 Å². The molecular weight excluding hydrogens is 244 g/mol. The molecule has 0 unspecified atom stereocenters. The number of nitrogens with zero attached hydrogens (tertiary/aromatic N) is 1. The van der Waals surface area contributed by atoms with E-state index in [1.807, 2.05) is 13.0 Å². The third-order valence-corrected chi connectivity index (χ3v) is 2.67. The molecule has 0 saturated heterocycles. The van der Waals surface area contributed by atoms with Crippen molar-refractivity contribution in [2.75, 3.05) is 12.4 Å². The molecule has 1 aromatic heterocycles. The van der Waals surface area contributed by atoms with E-state index >= 15 is 0 Å². The number of anilines is 1. The Morgan fingerprint density at radius 1 is 1.32 bits per heavy atom. The number of aromatic hydroxyl groups is 1. The Labute approximate surface area is 110 Å². The molecule has 0 fully saturated rings. The third-order valence-electron chi connectivity index (χ3n) is 2.67. The second-order valence-corrected chi connectivity index (χ2v) is 4.07. The van der Waals surface area contributed by atoms with E-state index in [0.717, 1.165) is 11.3 Å². The number of hydrogen-bond donors (Lipinski definition) is 2. The molecule has 0 aliphatic rings. The number of rotatable bonds is 3. The fourth-order valence-corrected chi connectivity index (χ4v) is 1.65. The molecule has 2 rings (SSSR count). The monoisotopic (exact) mass is 258 g/mol. The maximum Gasteiger partial charge on any atom is 0.257 e. The Morgan fingerprint density at radius 2 is 2.11 bits per heavy atom. The van der Waals surface area contributed by atoms with Gasteiger partial charge in [0, 0.05) is 11.9 Å². The molecule has 0 aliphatic heterocycles. The molecule has 5 nitrogen and oxygen atoms in total. The SMILES string of the molecule is COc1ccc(NC(=O)c2cncc(O)c2)c(C)c1. The number of hydrogen-bond acceptors (Lipinski definition) is 4. The van der Waals surface area contributed by atoms with Gasteiger partial charge in [-0.25, -0.2) is 0 Å². The number of benzene rings is 1. The largest absolute Gasteiger partial charge is 0.506 e. The lowest BCUT2D eigenvalue weighted by molar-refractivity contribution is 0.102. The Balaban J connectivity index is 2.19. The topological polar surface area (TPSA) is 71.5 Å². The van der Waals surface area contributed by atoms with Gasteiger partial charge in [0.15, 0.2) is 0 Å². The highest BCUT2D eigenvalue weighted by atomic mass is 16.5. The van der Waals surface area contributed by atoms with Gasteiger partial charge in [-0.1, -0.05) is 0 Å². The van der Waals surface area contributed by atoms with E-state index in [2.05, 4.69) is 10.3 Å². The molecule has 2 aromatic rings. The quantitative estimate of drug-likeness (QED) is 0.886. The molecular formula is C14H14N2O3. The van der Waals surface area contributed by atoms with E-state index in [0.29, 0.717) is 11.3 Å². The molecule has 0 bridgehead atoms. The van der Waals surface area contributed by atoms with Crippen molar-refractivity contribution in [3.05, 3.63) is 47.8 Å². The average molecular weight is 258 g/mol. The summed E-state index contributed by atoms with van der Waals surface area (Å²) in [6.07, 6.45) is 2.67. The molecule has 0 radical (unpaired) electrons. The summed E-state index contributed by atoms with van der Waals surface area (Å²) < 4.78 is 5.10. The summed E-state index contributed by atoms with van der Waals surface area (Å²) >= 11 is 0. The highest BCUT2D eigenvalue weighted by Gasteiger charge is 2.09. The van der Waals surface area contributed by atoms with Crippen LogP contribution in [0.25, 0.3) is 0 Å². The minimum atomic E-state index is -0.323. The standard InChI is InChI=1S/C14H14N2O3/c1-9-5-12(19-2)3-4-13(9)16-14(18)10-6-11(17)8-15-7-10/h3-8,17H,1-2H3,(H,16,18). The van der Waals surface area contributed by atoms with Crippen molar-refractivity contribution in [1.29, 1.82) is 0 Å². The first-order valence-electron chi connectivity index (χ1n) is 5.70. The normalized spacial score (nSPS) is 10.0. The maximum atomic E-state index is 12.0.